The Labute approximate surface area is 129 Å². The molecule has 0 atom stereocenters. The van der Waals surface area contributed by atoms with Gasteiger partial charge in [-0.3, -0.25) is 4.79 Å². The van der Waals surface area contributed by atoms with Crippen molar-refractivity contribution in [2.24, 2.45) is 5.92 Å². The lowest BCUT2D eigenvalue weighted by Crippen LogP contribution is -2.30. The largest absolute Gasteiger partial charge is 0.477 e. The molecular weight excluding hydrogens is 280 g/mol. The van der Waals surface area contributed by atoms with E-state index in [4.69, 9.17) is 0 Å². The van der Waals surface area contributed by atoms with Crippen LogP contribution in [-0.2, 0) is 6.54 Å². The molecule has 1 aromatic carbocycles. The molecule has 5 heteroatoms. The number of nitrogens with zero attached hydrogens (tertiary/aromatic N) is 2. The zero-order chi connectivity index (χ0) is 16.4. The van der Waals surface area contributed by atoms with Crippen LogP contribution < -0.4 is 5.56 Å². The summed E-state index contributed by atoms with van der Waals surface area (Å²) < 4.78 is 1.22. The maximum atomic E-state index is 12.4. The zero-order valence-corrected chi connectivity index (χ0v) is 13.3. The highest BCUT2D eigenvalue weighted by atomic mass is 16.4. The molecule has 0 amide bonds. The summed E-state index contributed by atoms with van der Waals surface area (Å²) in [5.41, 5.74) is 2.43. The van der Waals surface area contributed by atoms with Crippen molar-refractivity contribution in [3.05, 3.63) is 51.4 Å². The number of carbonyl (C=O) groups is 1. The second-order valence-corrected chi connectivity index (χ2v) is 5.92. The Hall–Kier alpha value is -2.43. The lowest BCUT2D eigenvalue weighted by atomic mass is 9.99. The van der Waals surface area contributed by atoms with Crippen LogP contribution in [0.5, 0.6) is 0 Å². The normalized spacial score (nSPS) is 11.0. The molecule has 116 valence electrons. The van der Waals surface area contributed by atoms with Crippen LogP contribution in [0.15, 0.2) is 29.2 Å². The Bertz CT molecular complexity index is 776. The van der Waals surface area contributed by atoms with Gasteiger partial charge in [0.25, 0.3) is 5.56 Å². The number of benzene rings is 1. The fraction of sp³-hybridized carbons (Fsp3) is 0.353. The Balaban J connectivity index is 2.66. The van der Waals surface area contributed by atoms with Gasteiger partial charge in [0.2, 0.25) is 0 Å². The van der Waals surface area contributed by atoms with Crippen molar-refractivity contribution in [3.63, 3.8) is 0 Å². The SMILES string of the molecule is Cc1ccc(-c2cnn(CC(C)C)c(=O)c2C(=O)O)cc1C. The molecule has 0 aliphatic carbocycles. The van der Waals surface area contributed by atoms with Crippen molar-refractivity contribution in [1.82, 2.24) is 9.78 Å². The second-order valence-electron chi connectivity index (χ2n) is 5.92. The molecule has 0 aliphatic rings. The molecule has 0 fully saturated rings. The summed E-state index contributed by atoms with van der Waals surface area (Å²) in [6.45, 7) is 8.23. The smallest absolute Gasteiger partial charge is 0.342 e. The molecule has 0 radical (unpaired) electrons. The molecule has 1 aromatic heterocycles. The molecule has 0 saturated carbocycles. The van der Waals surface area contributed by atoms with Crippen molar-refractivity contribution in [2.75, 3.05) is 0 Å². The van der Waals surface area contributed by atoms with E-state index in [1.165, 1.54) is 10.9 Å². The van der Waals surface area contributed by atoms with Crippen molar-refractivity contribution in [1.29, 1.82) is 0 Å². The predicted octanol–water partition coefficient (Wildman–Crippen LogP) is 2.88. The quantitative estimate of drug-likeness (QED) is 0.942. The van der Waals surface area contributed by atoms with Crippen LogP contribution in [0, 0.1) is 19.8 Å². The molecule has 1 heterocycles. The average Bonchev–Trinajstić information content (AvgIpc) is 2.43. The van der Waals surface area contributed by atoms with Crippen LogP contribution in [0.4, 0.5) is 0 Å². The summed E-state index contributed by atoms with van der Waals surface area (Å²) in [6.07, 6.45) is 1.47. The first-order valence-corrected chi connectivity index (χ1v) is 7.22. The Morgan fingerprint density at radius 1 is 1.27 bits per heavy atom. The lowest BCUT2D eigenvalue weighted by Gasteiger charge is -2.12. The summed E-state index contributed by atoms with van der Waals surface area (Å²) >= 11 is 0. The Kier molecular flexibility index (Phi) is 4.45. The van der Waals surface area contributed by atoms with Gasteiger partial charge < -0.3 is 5.11 Å². The number of carboxylic acids is 1. The summed E-state index contributed by atoms with van der Waals surface area (Å²) in [5.74, 6) is -1.02. The van der Waals surface area contributed by atoms with E-state index in [9.17, 15) is 14.7 Å². The van der Waals surface area contributed by atoms with E-state index in [1.54, 1.807) is 0 Å². The minimum absolute atomic E-state index is 0.208. The monoisotopic (exact) mass is 300 g/mol. The van der Waals surface area contributed by atoms with Gasteiger partial charge in [-0.25, -0.2) is 9.48 Å². The summed E-state index contributed by atoms with van der Waals surface area (Å²) in [7, 11) is 0. The van der Waals surface area contributed by atoms with Gasteiger partial charge in [-0.1, -0.05) is 32.0 Å². The van der Waals surface area contributed by atoms with Crippen molar-refractivity contribution in [3.8, 4) is 11.1 Å². The molecule has 2 aromatic rings. The number of rotatable bonds is 4. The maximum Gasteiger partial charge on any atom is 0.342 e. The number of hydrogen-bond acceptors (Lipinski definition) is 3. The lowest BCUT2D eigenvalue weighted by molar-refractivity contribution is 0.0694. The average molecular weight is 300 g/mol. The summed E-state index contributed by atoms with van der Waals surface area (Å²) in [4.78, 5) is 24.0. The number of hydrogen-bond donors (Lipinski definition) is 1. The van der Waals surface area contributed by atoms with Gasteiger partial charge in [-0.05, 0) is 36.5 Å². The van der Waals surface area contributed by atoms with Gasteiger partial charge in [0, 0.05) is 12.1 Å². The topological polar surface area (TPSA) is 72.2 Å². The van der Waals surface area contributed by atoms with Gasteiger partial charge in [0.1, 0.15) is 5.56 Å². The van der Waals surface area contributed by atoms with E-state index in [0.29, 0.717) is 17.7 Å². The zero-order valence-electron chi connectivity index (χ0n) is 13.3. The first-order chi connectivity index (χ1) is 10.3. The van der Waals surface area contributed by atoms with Gasteiger partial charge in [0.05, 0.1) is 6.20 Å². The fourth-order valence-corrected chi connectivity index (χ4v) is 2.30. The fourth-order valence-electron chi connectivity index (χ4n) is 2.30. The molecule has 0 saturated heterocycles. The van der Waals surface area contributed by atoms with Crippen molar-refractivity contribution >= 4 is 5.97 Å². The Morgan fingerprint density at radius 2 is 1.95 bits per heavy atom. The van der Waals surface area contributed by atoms with Crippen molar-refractivity contribution < 1.29 is 9.90 Å². The minimum Gasteiger partial charge on any atom is -0.477 e. The molecule has 0 aliphatic heterocycles. The molecule has 22 heavy (non-hydrogen) atoms. The molecule has 1 N–H and O–H groups in total. The molecule has 0 bridgehead atoms. The summed E-state index contributed by atoms with van der Waals surface area (Å²) in [6, 6.07) is 5.61. The van der Waals surface area contributed by atoms with Crippen LogP contribution in [0.1, 0.15) is 35.3 Å². The van der Waals surface area contributed by atoms with Gasteiger partial charge >= 0.3 is 5.97 Å². The third-order valence-corrected chi connectivity index (χ3v) is 3.61. The number of carboxylic acid groups (broad SMARTS) is 1. The molecule has 5 nitrogen and oxygen atoms in total. The van der Waals surface area contributed by atoms with E-state index in [-0.39, 0.29) is 11.5 Å². The van der Waals surface area contributed by atoms with Gasteiger partial charge in [-0.15, -0.1) is 0 Å². The van der Waals surface area contributed by atoms with Crippen LogP contribution >= 0.6 is 0 Å². The summed E-state index contributed by atoms with van der Waals surface area (Å²) in [5, 5.41) is 13.6. The highest BCUT2D eigenvalue weighted by molar-refractivity contribution is 5.95. The standard InChI is InChI=1S/C17H20N2O3/c1-10(2)9-19-16(20)15(17(21)22)14(8-18-19)13-6-5-11(3)12(4)7-13/h5-8,10H,9H2,1-4H3,(H,21,22). The van der Waals surface area contributed by atoms with Gasteiger partial charge in [-0.2, -0.15) is 5.10 Å². The van der Waals surface area contributed by atoms with E-state index < -0.39 is 11.5 Å². The predicted molar refractivity (Wildman–Crippen MR) is 85.2 cm³/mol. The van der Waals surface area contributed by atoms with Gasteiger partial charge in [0.15, 0.2) is 0 Å². The van der Waals surface area contributed by atoms with E-state index in [0.717, 1.165) is 11.1 Å². The highest BCUT2D eigenvalue weighted by Crippen LogP contribution is 2.23. The van der Waals surface area contributed by atoms with Crippen LogP contribution in [0.3, 0.4) is 0 Å². The molecule has 0 unspecified atom stereocenters. The number of aromatic carboxylic acids is 1. The Morgan fingerprint density at radius 3 is 2.50 bits per heavy atom. The third-order valence-electron chi connectivity index (χ3n) is 3.61. The van der Waals surface area contributed by atoms with E-state index >= 15 is 0 Å². The molecule has 0 spiro atoms. The molecular formula is C17H20N2O3. The van der Waals surface area contributed by atoms with E-state index in [1.807, 2.05) is 45.9 Å². The maximum absolute atomic E-state index is 12.4. The third kappa shape index (κ3) is 3.08. The van der Waals surface area contributed by atoms with Crippen LogP contribution in [-0.4, -0.2) is 20.9 Å². The first-order valence-electron chi connectivity index (χ1n) is 7.22. The van der Waals surface area contributed by atoms with E-state index in [2.05, 4.69) is 5.10 Å². The molecule has 2 rings (SSSR count). The van der Waals surface area contributed by atoms with Crippen molar-refractivity contribution in [2.45, 2.75) is 34.2 Å². The minimum atomic E-state index is -1.22. The highest BCUT2D eigenvalue weighted by Gasteiger charge is 2.19. The van der Waals surface area contributed by atoms with Crippen LogP contribution in [0.2, 0.25) is 0 Å². The first kappa shape index (κ1) is 15.9. The number of aryl methyl sites for hydroxylation is 2. The second kappa shape index (κ2) is 6.13. The van der Waals surface area contributed by atoms with Crippen LogP contribution in [0.25, 0.3) is 11.1 Å². The number of aromatic nitrogens is 2.